The highest BCUT2D eigenvalue weighted by molar-refractivity contribution is 4.85. The van der Waals surface area contributed by atoms with Crippen LogP contribution in [0.3, 0.4) is 0 Å². The van der Waals surface area contributed by atoms with E-state index in [4.69, 9.17) is 0 Å². The Hall–Kier alpha value is -0.0800. The first-order valence-electron chi connectivity index (χ1n) is 6.58. The topological polar surface area (TPSA) is 24.1 Å². The zero-order valence-electron chi connectivity index (χ0n) is 10.7. The van der Waals surface area contributed by atoms with Crippen molar-refractivity contribution in [2.45, 2.75) is 46.0 Å². The molecule has 1 saturated carbocycles. The van der Waals surface area contributed by atoms with Gasteiger partial charge in [-0.25, -0.2) is 0 Å². The normalized spacial score (nSPS) is 21.8. The van der Waals surface area contributed by atoms with Crippen molar-refractivity contribution in [1.29, 1.82) is 0 Å². The fraction of sp³-hybridized carbons (Fsp3) is 1.00. The molecule has 0 bridgehead atoms. The lowest BCUT2D eigenvalue weighted by Gasteiger charge is -2.28. The first-order chi connectivity index (χ1) is 7.22. The Morgan fingerprint density at radius 2 is 1.87 bits per heavy atom. The second-order valence-electron chi connectivity index (χ2n) is 5.35. The van der Waals surface area contributed by atoms with E-state index < -0.39 is 0 Å². The molecular weight excluding hydrogens is 184 g/mol. The third-order valence-corrected chi connectivity index (χ3v) is 3.96. The van der Waals surface area contributed by atoms with Gasteiger partial charge in [-0.15, -0.1) is 0 Å². The summed E-state index contributed by atoms with van der Waals surface area (Å²) in [4.78, 5) is 0. The van der Waals surface area contributed by atoms with E-state index in [0.717, 1.165) is 19.0 Å². The minimum absolute atomic E-state index is 0.638. The number of rotatable bonds is 7. The van der Waals surface area contributed by atoms with E-state index in [1.165, 1.54) is 38.6 Å². The number of hydrogen-bond acceptors (Lipinski definition) is 2. The molecule has 1 aliphatic rings. The monoisotopic (exact) mass is 212 g/mol. The van der Waals surface area contributed by atoms with Crippen LogP contribution >= 0.6 is 0 Å². The van der Waals surface area contributed by atoms with Gasteiger partial charge in [-0.1, -0.05) is 26.7 Å². The molecular formula is C13H28N2. The Balaban J connectivity index is 2.17. The lowest BCUT2D eigenvalue weighted by atomic mass is 9.83. The van der Waals surface area contributed by atoms with Crippen molar-refractivity contribution in [3.63, 3.8) is 0 Å². The van der Waals surface area contributed by atoms with E-state index in [-0.39, 0.29) is 0 Å². The molecule has 2 heteroatoms. The highest BCUT2D eigenvalue weighted by Gasteiger charge is 2.31. The second kappa shape index (κ2) is 6.49. The Labute approximate surface area is 95.2 Å². The zero-order chi connectivity index (χ0) is 11.1. The molecule has 0 aromatic carbocycles. The van der Waals surface area contributed by atoms with Crippen LogP contribution in [0.4, 0.5) is 0 Å². The van der Waals surface area contributed by atoms with Crippen LogP contribution in [0.25, 0.3) is 0 Å². The van der Waals surface area contributed by atoms with Gasteiger partial charge in [0.25, 0.3) is 0 Å². The molecule has 0 amide bonds. The summed E-state index contributed by atoms with van der Waals surface area (Å²) in [5, 5.41) is 6.89. The summed E-state index contributed by atoms with van der Waals surface area (Å²) in [6.45, 7) is 8.16. The van der Waals surface area contributed by atoms with Gasteiger partial charge >= 0.3 is 0 Å². The third kappa shape index (κ3) is 4.12. The van der Waals surface area contributed by atoms with E-state index in [9.17, 15) is 0 Å². The summed E-state index contributed by atoms with van der Waals surface area (Å²) in [6, 6.07) is 0. The molecule has 0 aliphatic heterocycles. The van der Waals surface area contributed by atoms with Crippen LogP contribution in [0, 0.1) is 11.3 Å². The smallest absolute Gasteiger partial charge is 0.000783 e. The van der Waals surface area contributed by atoms with Gasteiger partial charge in [-0.3, -0.25) is 0 Å². The third-order valence-electron chi connectivity index (χ3n) is 3.96. The summed E-state index contributed by atoms with van der Waals surface area (Å²) >= 11 is 0. The maximum absolute atomic E-state index is 3.66. The van der Waals surface area contributed by atoms with E-state index in [0.29, 0.717) is 5.41 Å². The minimum Gasteiger partial charge on any atom is -0.319 e. The van der Waals surface area contributed by atoms with Crippen molar-refractivity contribution in [2.75, 3.05) is 26.7 Å². The Bertz CT molecular complexity index is 162. The van der Waals surface area contributed by atoms with Gasteiger partial charge in [-0.2, -0.15) is 0 Å². The van der Waals surface area contributed by atoms with Crippen LogP contribution in [0.1, 0.15) is 46.0 Å². The van der Waals surface area contributed by atoms with Crippen LogP contribution in [-0.2, 0) is 0 Å². The van der Waals surface area contributed by atoms with Crippen molar-refractivity contribution < 1.29 is 0 Å². The summed E-state index contributed by atoms with van der Waals surface area (Å²) in [7, 11) is 2.03. The first-order valence-corrected chi connectivity index (χ1v) is 6.58. The Kier molecular flexibility index (Phi) is 5.62. The molecule has 0 aromatic rings. The van der Waals surface area contributed by atoms with Gasteiger partial charge in [0.2, 0.25) is 0 Å². The highest BCUT2D eigenvalue weighted by atomic mass is 14.9. The SMILES string of the molecule is CCC1(CNCC(C)CNC)CCCC1. The standard InChI is InChI=1S/C13H28N2/c1-4-13(7-5-6-8-13)11-15-10-12(2)9-14-3/h12,14-15H,4-11H2,1-3H3. The molecule has 1 atom stereocenters. The van der Waals surface area contributed by atoms with Crippen LogP contribution in [0.2, 0.25) is 0 Å². The van der Waals surface area contributed by atoms with Crippen molar-refractivity contribution in [1.82, 2.24) is 10.6 Å². The van der Waals surface area contributed by atoms with E-state index >= 15 is 0 Å². The summed E-state index contributed by atoms with van der Waals surface area (Å²) in [5.74, 6) is 0.741. The fourth-order valence-electron chi connectivity index (χ4n) is 2.78. The molecule has 2 nitrogen and oxygen atoms in total. The maximum atomic E-state index is 3.66. The predicted octanol–water partition coefficient (Wildman–Crippen LogP) is 2.40. The minimum atomic E-state index is 0.638. The van der Waals surface area contributed by atoms with Gasteiger partial charge in [0, 0.05) is 6.54 Å². The van der Waals surface area contributed by atoms with Crippen molar-refractivity contribution >= 4 is 0 Å². The fourth-order valence-corrected chi connectivity index (χ4v) is 2.78. The molecule has 2 N–H and O–H groups in total. The lowest BCUT2D eigenvalue weighted by molar-refractivity contribution is 0.263. The zero-order valence-corrected chi connectivity index (χ0v) is 10.7. The van der Waals surface area contributed by atoms with Crippen LogP contribution in [0.5, 0.6) is 0 Å². The average molecular weight is 212 g/mol. The van der Waals surface area contributed by atoms with Gasteiger partial charge in [-0.05, 0) is 50.7 Å². The van der Waals surface area contributed by atoms with Crippen LogP contribution < -0.4 is 10.6 Å². The number of hydrogen-bond donors (Lipinski definition) is 2. The van der Waals surface area contributed by atoms with Crippen LogP contribution in [0.15, 0.2) is 0 Å². The van der Waals surface area contributed by atoms with Crippen molar-refractivity contribution in [3.8, 4) is 0 Å². The van der Waals surface area contributed by atoms with Gasteiger partial charge in [0.05, 0.1) is 0 Å². The van der Waals surface area contributed by atoms with E-state index in [1.807, 2.05) is 7.05 Å². The lowest BCUT2D eigenvalue weighted by Crippen LogP contribution is -2.36. The van der Waals surface area contributed by atoms with E-state index in [1.54, 1.807) is 0 Å². The molecule has 1 unspecified atom stereocenters. The predicted molar refractivity (Wildman–Crippen MR) is 67.2 cm³/mol. The molecule has 1 rings (SSSR count). The number of nitrogens with one attached hydrogen (secondary N) is 2. The summed E-state index contributed by atoms with van der Waals surface area (Å²) < 4.78 is 0. The van der Waals surface area contributed by atoms with Crippen molar-refractivity contribution in [2.24, 2.45) is 11.3 Å². The average Bonchev–Trinajstić information content (AvgIpc) is 2.68. The maximum Gasteiger partial charge on any atom is 0.000783 e. The quantitative estimate of drug-likeness (QED) is 0.677. The highest BCUT2D eigenvalue weighted by Crippen LogP contribution is 2.40. The summed E-state index contributed by atoms with van der Waals surface area (Å²) in [5.41, 5.74) is 0.638. The molecule has 0 spiro atoms. The van der Waals surface area contributed by atoms with Gasteiger partial charge in [0.15, 0.2) is 0 Å². The van der Waals surface area contributed by atoms with E-state index in [2.05, 4.69) is 24.5 Å². The molecule has 0 heterocycles. The van der Waals surface area contributed by atoms with Crippen molar-refractivity contribution in [3.05, 3.63) is 0 Å². The molecule has 0 aromatic heterocycles. The molecule has 15 heavy (non-hydrogen) atoms. The van der Waals surface area contributed by atoms with Gasteiger partial charge in [0.1, 0.15) is 0 Å². The first kappa shape index (κ1) is 13.0. The van der Waals surface area contributed by atoms with Gasteiger partial charge < -0.3 is 10.6 Å². The van der Waals surface area contributed by atoms with Crippen LogP contribution in [-0.4, -0.2) is 26.7 Å². The molecule has 0 saturated heterocycles. The molecule has 0 radical (unpaired) electrons. The second-order valence-corrected chi connectivity index (χ2v) is 5.35. The largest absolute Gasteiger partial charge is 0.319 e. The Morgan fingerprint density at radius 3 is 2.40 bits per heavy atom. The molecule has 1 aliphatic carbocycles. The molecule has 90 valence electrons. The Morgan fingerprint density at radius 1 is 1.20 bits per heavy atom. The summed E-state index contributed by atoms with van der Waals surface area (Å²) in [6.07, 6.45) is 7.12. The molecule has 1 fully saturated rings.